The van der Waals surface area contributed by atoms with E-state index in [0.29, 0.717) is 5.02 Å². The Morgan fingerprint density at radius 1 is 1.46 bits per heavy atom. The van der Waals surface area contributed by atoms with Gasteiger partial charge in [0.1, 0.15) is 0 Å². The third-order valence-electron chi connectivity index (χ3n) is 1.59. The predicted molar refractivity (Wildman–Crippen MR) is 53.3 cm³/mol. The van der Waals surface area contributed by atoms with Crippen LogP contribution in [0.4, 0.5) is 0 Å². The Morgan fingerprint density at radius 3 is 2.92 bits per heavy atom. The van der Waals surface area contributed by atoms with Gasteiger partial charge in [-0.25, -0.2) is 0 Å². The van der Waals surface area contributed by atoms with E-state index in [1.165, 1.54) is 0 Å². The normalized spacial score (nSPS) is 8.38. The van der Waals surface area contributed by atoms with Gasteiger partial charge < -0.3 is 0 Å². The van der Waals surface area contributed by atoms with Crippen LogP contribution in [0.5, 0.6) is 0 Å². The van der Waals surface area contributed by atoms with E-state index in [1.54, 1.807) is 6.07 Å². The predicted octanol–water partition coefficient (Wildman–Crippen LogP) is 2.91. The number of nitriles is 1. The van der Waals surface area contributed by atoms with E-state index in [9.17, 15) is 0 Å². The summed E-state index contributed by atoms with van der Waals surface area (Å²) in [6, 6.07) is 7.51. The molecule has 0 heterocycles. The van der Waals surface area contributed by atoms with Crippen molar-refractivity contribution in [3.63, 3.8) is 0 Å². The Hall–Kier alpha value is -1.44. The smallest absolute Gasteiger partial charge is 0.0966 e. The lowest BCUT2D eigenvalue weighted by Gasteiger charge is -1.96. The van der Waals surface area contributed by atoms with Gasteiger partial charge in [-0.2, -0.15) is 5.26 Å². The molecule has 0 radical (unpaired) electrons. The molecular weight excluding hydrogens is 182 g/mol. The fourth-order valence-corrected chi connectivity index (χ4v) is 1.08. The maximum absolute atomic E-state index is 8.29. The maximum Gasteiger partial charge on any atom is 0.0966 e. The molecule has 0 saturated carbocycles. The largest absolute Gasteiger partial charge is 0.197 e. The minimum absolute atomic E-state index is 0.256. The lowest BCUT2D eigenvalue weighted by Crippen LogP contribution is -1.80. The van der Waals surface area contributed by atoms with Crippen LogP contribution in [-0.2, 0) is 0 Å². The average Bonchev–Trinajstić information content (AvgIpc) is 2.11. The van der Waals surface area contributed by atoms with Crippen LogP contribution in [0.3, 0.4) is 0 Å². The van der Waals surface area contributed by atoms with Crippen molar-refractivity contribution in [2.75, 3.05) is 0 Å². The molecule has 0 amide bonds. The minimum atomic E-state index is 0.256. The summed E-state index contributed by atoms with van der Waals surface area (Å²) < 4.78 is 0. The summed E-state index contributed by atoms with van der Waals surface area (Å²) in [6.07, 6.45) is 0.256. The highest BCUT2D eigenvalue weighted by Crippen LogP contribution is 2.13. The monoisotopic (exact) mass is 189 g/mol. The Kier molecular flexibility index (Phi) is 3.38. The first kappa shape index (κ1) is 9.65. The topological polar surface area (TPSA) is 23.8 Å². The first-order valence-corrected chi connectivity index (χ1v) is 4.24. The van der Waals surface area contributed by atoms with Crippen LogP contribution in [0.2, 0.25) is 5.02 Å². The van der Waals surface area contributed by atoms with E-state index in [4.69, 9.17) is 16.9 Å². The molecule has 0 fully saturated rings. The molecule has 13 heavy (non-hydrogen) atoms. The van der Waals surface area contributed by atoms with E-state index in [1.807, 2.05) is 25.1 Å². The van der Waals surface area contributed by atoms with Gasteiger partial charge in [-0.05, 0) is 24.6 Å². The molecule has 0 aromatic heterocycles. The quantitative estimate of drug-likeness (QED) is 0.576. The van der Waals surface area contributed by atoms with Gasteiger partial charge in [-0.15, -0.1) is 0 Å². The van der Waals surface area contributed by atoms with Crippen molar-refractivity contribution in [1.82, 2.24) is 0 Å². The number of hydrogen-bond acceptors (Lipinski definition) is 1. The van der Waals surface area contributed by atoms with Gasteiger partial charge >= 0.3 is 0 Å². The Bertz CT molecular complexity index is 404. The van der Waals surface area contributed by atoms with Gasteiger partial charge in [0, 0.05) is 10.6 Å². The van der Waals surface area contributed by atoms with Crippen LogP contribution in [0.15, 0.2) is 18.2 Å². The summed E-state index contributed by atoms with van der Waals surface area (Å²) in [5.41, 5.74) is 1.97. The summed E-state index contributed by atoms with van der Waals surface area (Å²) in [4.78, 5) is 0. The molecule has 0 atom stereocenters. The summed E-state index contributed by atoms with van der Waals surface area (Å²) in [5, 5.41) is 8.96. The van der Waals surface area contributed by atoms with Gasteiger partial charge in [-0.1, -0.05) is 29.5 Å². The molecule has 0 unspecified atom stereocenters. The van der Waals surface area contributed by atoms with Crippen molar-refractivity contribution >= 4 is 11.6 Å². The van der Waals surface area contributed by atoms with E-state index < -0.39 is 0 Å². The highest BCUT2D eigenvalue weighted by Gasteiger charge is 1.94. The molecule has 64 valence electrons. The van der Waals surface area contributed by atoms with E-state index in [0.717, 1.165) is 11.1 Å². The van der Waals surface area contributed by atoms with Gasteiger partial charge in [0.05, 0.1) is 12.5 Å². The van der Waals surface area contributed by atoms with Crippen LogP contribution < -0.4 is 0 Å². The first-order chi connectivity index (χ1) is 6.24. The molecule has 0 aliphatic carbocycles. The second-order valence-electron chi connectivity index (χ2n) is 2.60. The van der Waals surface area contributed by atoms with E-state index >= 15 is 0 Å². The molecule has 2 heteroatoms. The molecule has 0 N–H and O–H groups in total. The lowest BCUT2D eigenvalue weighted by atomic mass is 10.1. The molecule has 1 rings (SSSR count). The highest BCUT2D eigenvalue weighted by atomic mass is 35.5. The van der Waals surface area contributed by atoms with Crippen molar-refractivity contribution in [1.29, 1.82) is 5.26 Å². The van der Waals surface area contributed by atoms with Gasteiger partial charge in [0.2, 0.25) is 0 Å². The SMILES string of the molecule is Cc1ccc(Cl)cc1C#CCC#N. The van der Waals surface area contributed by atoms with Gasteiger partial charge in [-0.3, -0.25) is 0 Å². The third kappa shape index (κ3) is 2.82. The molecule has 1 aromatic carbocycles. The lowest BCUT2D eigenvalue weighted by molar-refractivity contribution is 1.39. The number of hydrogen-bond donors (Lipinski definition) is 0. The van der Waals surface area contributed by atoms with Crippen LogP contribution in [0.1, 0.15) is 17.5 Å². The third-order valence-corrected chi connectivity index (χ3v) is 1.83. The summed E-state index contributed by atoms with van der Waals surface area (Å²) >= 11 is 5.80. The molecule has 1 nitrogen and oxygen atoms in total. The Balaban J connectivity index is 2.97. The zero-order valence-electron chi connectivity index (χ0n) is 7.26. The van der Waals surface area contributed by atoms with Gasteiger partial charge in [0.15, 0.2) is 0 Å². The zero-order valence-corrected chi connectivity index (χ0v) is 8.02. The van der Waals surface area contributed by atoms with Crippen molar-refractivity contribution in [3.05, 3.63) is 34.3 Å². The molecule has 1 aromatic rings. The number of nitrogens with zero attached hydrogens (tertiary/aromatic N) is 1. The van der Waals surface area contributed by atoms with Crippen molar-refractivity contribution < 1.29 is 0 Å². The zero-order chi connectivity index (χ0) is 9.68. The van der Waals surface area contributed by atoms with E-state index in [2.05, 4.69) is 11.8 Å². The highest BCUT2D eigenvalue weighted by molar-refractivity contribution is 6.30. The van der Waals surface area contributed by atoms with E-state index in [-0.39, 0.29) is 6.42 Å². The van der Waals surface area contributed by atoms with Crippen LogP contribution in [0.25, 0.3) is 0 Å². The maximum atomic E-state index is 8.29. The molecule has 0 bridgehead atoms. The molecule has 0 aliphatic rings. The van der Waals surface area contributed by atoms with Crippen LogP contribution in [-0.4, -0.2) is 0 Å². The Labute approximate surface area is 83.0 Å². The molecule has 0 aliphatic heterocycles. The second-order valence-corrected chi connectivity index (χ2v) is 3.03. The average molecular weight is 190 g/mol. The van der Waals surface area contributed by atoms with Crippen LogP contribution >= 0.6 is 11.6 Å². The number of aryl methyl sites for hydroxylation is 1. The standard InChI is InChI=1S/C11H8ClN/c1-9-5-6-11(12)8-10(9)4-2-3-7-13/h5-6,8H,3H2,1H3. The molecular formula is C11H8ClN. The number of benzene rings is 1. The minimum Gasteiger partial charge on any atom is -0.197 e. The fraction of sp³-hybridized carbons (Fsp3) is 0.182. The van der Waals surface area contributed by atoms with Gasteiger partial charge in [0.25, 0.3) is 0 Å². The number of halogens is 1. The first-order valence-electron chi connectivity index (χ1n) is 3.86. The molecule has 0 spiro atoms. The Morgan fingerprint density at radius 2 is 2.23 bits per heavy atom. The summed E-state index contributed by atoms with van der Waals surface area (Å²) in [7, 11) is 0. The van der Waals surface area contributed by atoms with Crippen molar-refractivity contribution in [2.24, 2.45) is 0 Å². The summed E-state index contributed by atoms with van der Waals surface area (Å²) in [5.74, 6) is 5.65. The van der Waals surface area contributed by atoms with Crippen molar-refractivity contribution in [2.45, 2.75) is 13.3 Å². The fourth-order valence-electron chi connectivity index (χ4n) is 0.908. The second kappa shape index (κ2) is 4.55. The van der Waals surface area contributed by atoms with Crippen LogP contribution in [0, 0.1) is 30.1 Å². The summed E-state index contributed by atoms with van der Waals surface area (Å²) in [6.45, 7) is 1.96. The number of rotatable bonds is 0. The van der Waals surface area contributed by atoms with Crippen molar-refractivity contribution in [3.8, 4) is 17.9 Å². The molecule has 0 saturated heterocycles.